The van der Waals surface area contributed by atoms with Crippen LogP contribution in [0.1, 0.15) is 71.7 Å². The van der Waals surface area contributed by atoms with Crippen LogP contribution in [0, 0.1) is 28.6 Å². The Morgan fingerprint density at radius 2 is 1.65 bits per heavy atom. The Kier molecular flexibility index (Phi) is 8.23. The van der Waals surface area contributed by atoms with E-state index < -0.39 is 11.5 Å². The van der Waals surface area contributed by atoms with Crippen LogP contribution in [0.2, 0.25) is 5.02 Å². The van der Waals surface area contributed by atoms with Crippen molar-refractivity contribution in [2.75, 3.05) is 11.6 Å². The number of carbonyl (C=O) groups is 1. The summed E-state index contributed by atoms with van der Waals surface area (Å²) in [5.74, 6) is -0.717. The predicted octanol–water partition coefficient (Wildman–Crippen LogP) is 6.50. The number of hydrogen-bond donors (Lipinski definition) is 2. The SMILES string of the molecule is CC1CC(C(C)(C)C)C(OC(=O)c2c(-c3ccc(Cl)cc3)cn3c(=O)/c(=C(\O)CCl)c(N)nc23)C(C(C)(C)C)C1. The summed E-state index contributed by atoms with van der Waals surface area (Å²) in [6.07, 6.45) is 3.08. The zero-order chi connectivity index (χ0) is 29.7. The highest BCUT2D eigenvalue weighted by Crippen LogP contribution is 2.50. The summed E-state index contributed by atoms with van der Waals surface area (Å²) in [4.78, 5) is 32.1. The first-order valence-corrected chi connectivity index (χ1v) is 14.5. The average Bonchev–Trinajstić information content (AvgIpc) is 3.23. The van der Waals surface area contributed by atoms with Gasteiger partial charge < -0.3 is 15.6 Å². The van der Waals surface area contributed by atoms with Crippen LogP contribution in [0.25, 0.3) is 22.5 Å². The number of aromatic nitrogens is 2. The normalized spacial score (nSPS) is 22.8. The van der Waals surface area contributed by atoms with Crippen molar-refractivity contribution in [3.8, 4) is 11.1 Å². The van der Waals surface area contributed by atoms with E-state index in [4.69, 9.17) is 33.7 Å². The van der Waals surface area contributed by atoms with E-state index >= 15 is 0 Å². The monoisotopic (exact) mass is 587 g/mol. The first kappa shape index (κ1) is 30.2. The molecule has 40 heavy (non-hydrogen) atoms. The van der Waals surface area contributed by atoms with Gasteiger partial charge in [0.1, 0.15) is 28.5 Å². The molecule has 0 spiro atoms. The first-order chi connectivity index (χ1) is 18.5. The minimum Gasteiger partial charge on any atom is -0.510 e. The van der Waals surface area contributed by atoms with Crippen molar-refractivity contribution in [2.24, 2.45) is 28.6 Å². The van der Waals surface area contributed by atoms with Gasteiger partial charge in [0.25, 0.3) is 5.56 Å². The summed E-state index contributed by atoms with van der Waals surface area (Å²) in [5.41, 5.74) is 6.62. The summed E-state index contributed by atoms with van der Waals surface area (Å²) >= 11 is 11.9. The molecular formula is C31H39Cl2N3O4. The molecular weight excluding hydrogens is 549 g/mol. The van der Waals surface area contributed by atoms with Gasteiger partial charge in [0.2, 0.25) is 0 Å². The summed E-state index contributed by atoms with van der Waals surface area (Å²) in [6.45, 7) is 15.4. The van der Waals surface area contributed by atoms with Crippen molar-refractivity contribution in [2.45, 2.75) is 67.4 Å². The van der Waals surface area contributed by atoms with E-state index in [9.17, 15) is 14.7 Å². The lowest BCUT2D eigenvalue weighted by Crippen LogP contribution is -2.49. The highest BCUT2D eigenvalue weighted by molar-refractivity contribution is 6.30. The second-order valence-electron chi connectivity index (χ2n) is 13.3. The molecule has 9 heteroatoms. The number of esters is 1. The van der Waals surface area contributed by atoms with Crippen LogP contribution in [-0.2, 0) is 4.74 Å². The number of alkyl halides is 1. The molecule has 0 saturated heterocycles. The number of fused-ring (bicyclic) bond motifs is 1. The Bertz CT molecular complexity index is 1510. The topological polar surface area (TPSA) is 107 Å². The fraction of sp³-hybridized carbons (Fsp3) is 0.516. The quantitative estimate of drug-likeness (QED) is 0.266. The van der Waals surface area contributed by atoms with Crippen LogP contribution in [0.3, 0.4) is 0 Å². The summed E-state index contributed by atoms with van der Waals surface area (Å²) in [7, 11) is 0. The van der Waals surface area contributed by atoms with Crippen LogP contribution < -0.4 is 16.5 Å². The van der Waals surface area contributed by atoms with Gasteiger partial charge in [0.05, 0.1) is 5.88 Å². The first-order valence-electron chi connectivity index (χ1n) is 13.6. The Morgan fingerprint density at radius 1 is 1.10 bits per heavy atom. The lowest BCUT2D eigenvalue weighted by atomic mass is 9.59. The van der Waals surface area contributed by atoms with E-state index in [1.165, 1.54) is 10.6 Å². The zero-order valence-corrected chi connectivity index (χ0v) is 25.7. The number of aliphatic hydroxyl groups excluding tert-OH is 1. The number of nitrogen functional groups attached to an aromatic ring is 1. The van der Waals surface area contributed by atoms with Crippen LogP contribution in [-0.4, -0.2) is 32.4 Å². The van der Waals surface area contributed by atoms with E-state index in [2.05, 4.69) is 53.5 Å². The molecule has 2 aromatic heterocycles. The van der Waals surface area contributed by atoms with Crippen molar-refractivity contribution >= 4 is 46.4 Å². The number of anilines is 1. The number of aliphatic hydroxyl groups is 1. The van der Waals surface area contributed by atoms with E-state index in [0.29, 0.717) is 22.1 Å². The Morgan fingerprint density at radius 3 is 2.15 bits per heavy atom. The van der Waals surface area contributed by atoms with E-state index in [1.54, 1.807) is 24.3 Å². The third-order valence-electron chi connectivity index (χ3n) is 8.24. The Hall–Kier alpha value is -2.77. The maximum Gasteiger partial charge on any atom is 0.342 e. The second kappa shape index (κ2) is 10.9. The molecule has 0 amide bonds. The molecule has 1 aliphatic rings. The lowest BCUT2D eigenvalue weighted by molar-refractivity contribution is -0.0922. The lowest BCUT2D eigenvalue weighted by Gasteiger charge is -2.50. The molecule has 2 unspecified atom stereocenters. The predicted molar refractivity (Wildman–Crippen MR) is 162 cm³/mol. The third kappa shape index (κ3) is 5.68. The maximum absolute atomic E-state index is 14.3. The number of halogens is 2. The summed E-state index contributed by atoms with van der Waals surface area (Å²) in [6, 6.07) is 6.95. The standard InChI is InChI=1S/C31H39Cl2N3O4/c1-16-12-20(30(2,3)4)25(21(13-16)31(5,6)7)40-29(39)23-19(17-8-10-18(33)11-9-17)15-36-27(23)35-26(34)24(28(36)38)22(37)14-32/h8-11,15-16,20-21,25,37H,12-14H2,1-7H3,(H2,34,35)/b24-22-. The highest BCUT2D eigenvalue weighted by Gasteiger charge is 2.48. The largest absolute Gasteiger partial charge is 0.510 e. The van der Waals surface area contributed by atoms with Gasteiger partial charge in [-0.3, -0.25) is 9.20 Å². The molecule has 7 nitrogen and oxygen atoms in total. The summed E-state index contributed by atoms with van der Waals surface area (Å²) in [5, 5.41) is 10.6. The molecule has 1 saturated carbocycles. The number of hydrogen-bond acceptors (Lipinski definition) is 6. The van der Waals surface area contributed by atoms with Gasteiger partial charge in [-0.2, -0.15) is 0 Å². The molecule has 0 aliphatic heterocycles. The van der Waals surface area contributed by atoms with Crippen LogP contribution in [0.5, 0.6) is 0 Å². The van der Waals surface area contributed by atoms with Gasteiger partial charge >= 0.3 is 5.97 Å². The average molecular weight is 589 g/mol. The number of nitrogens with two attached hydrogens (primary N) is 1. The van der Waals surface area contributed by atoms with Crippen molar-refractivity contribution in [1.82, 2.24) is 9.38 Å². The Balaban J connectivity index is 1.95. The number of ether oxygens (including phenoxy) is 1. The van der Waals surface area contributed by atoms with E-state index in [-0.39, 0.29) is 62.7 Å². The van der Waals surface area contributed by atoms with Gasteiger partial charge in [-0.05, 0) is 47.3 Å². The number of benzene rings is 1. The molecule has 0 radical (unpaired) electrons. The molecule has 2 heterocycles. The number of nitrogens with zero attached hydrogens (tertiary/aromatic N) is 2. The van der Waals surface area contributed by atoms with Gasteiger partial charge in [0, 0.05) is 28.6 Å². The van der Waals surface area contributed by atoms with Gasteiger partial charge in [-0.15, -0.1) is 11.6 Å². The van der Waals surface area contributed by atoms with Crippen molar-refractivity contribution in [3.63, 3.8) is 0 Å². The minimum atomic E-state index is -0.624. The van der Waals surface area contributed by atoms with Crippen molar-refractivity contribution in [1.29, 1.82) is 0 Å². The molecule has 216 valence electrons. The molecule has 1 aromatic carbocycles. The smallest absolute Gasteiger partial charge is 0.342 e. The van der Waals surface area contributed by atoms with Crippen LogP contribution in [0.15, 0.2) is 35.3 Å². The molecule has 4 rings (SSSR count). The molecule has 2 atom stereocenters. The van der Waals surface area contributed by atoms with Gasteiger partial charge in [-0.1, -0.05) is 72.2 Å². The Labute approximate surface area is 245 Å². The molecule has 0 bridgehead atoms. The zero-order valence-electron chi connectivity index (χ0n) is 24.2. The highest BCUT2D eigenvalue weighted by atomic mass is 35.5. The minimum absolute atomic E-state index is 0.0624. The van der Waals surface area contributed by atoms with Gasteiger partial charge in [0.15, 0.2) is 5.65 Å². The third-order valence-corrected chi connectivity index (χ3v) is 8.75. The van der Waals surface area contributed by atoms with Crippen molar-refractivity contribution < 1.29 is 14.6 Å². The second-order valence-corrected chi connectivity index (χ2v) is 14.0. The number of carbonyl (C=O) groups excluding carboxylic acids is 1. The fourth-order valence-electron chi connectivity index (χ4n) is 6.10. The van der Waals surface area contributed by atoms with E-state index in [0.717, 1.165) is 12.8 Å². The van der Waals surface area contributed by atoms with Gasteiger partial charge in [-0.25, -0.2) is 9.78 Å². The molecule has 1 aliphatic carbocycles. The van der Waals surface area contributed by atoms with Crippen LogP contribution >= 0.6 is 23.2 Å². The van der Waals surface area contributed by atoms with Crippen LogP contribution in [0.4, 0.5) is 5.82 Å². The summed E-state index contributed by atoms with van der Waals surface area (Å²) < 4.78 is 7.72. The van der Waals surface area contributed by atoms with Crippen molar-refractivity contribution in [3.05, 3.63) is 56.6 Å². The van der Waals surface area contributed by atoms with E-state index in [1.807, 2.05) is 0 Å². The maximum atomic E-state index is 14.3. The molecule has 3 aromatic rings. The molecule has 1 fully saturated rings. The number of rotatable bonds is 4. The molecule has 3 N–H and O–H groups in total. The fourth-order valence-corrected chi connectivity index (χ4v) is 6.36.